The maximum atomic E-state index is 13.2. The first-order valence-electron chi connectivity index (χ1n) is 36.4. The third kappa shape index (κ3) is 21.3. The average molecular weight is 1700 g/mol. The number of nitrogens with one attached hydrogen (secondary N) is 5. The first-order valence-corrected chi connectivity index (χ1v) is 36.4. The van der Waals surface area contributed by atoms with Crippen molar-refractivity contribution < 1.29 is 232 Å². The summed E-state index contributed by atoms with van der Waals surface area (Å²) >= 11 is 0. The van der Waals surface area contributed by atoms with E-state index < -0.39 is 364 Å². The standard InChI is InChI=1S/C64H105N5O47/c1-16(77)65-31-21(82)6-63(61(98)99,113-50(31)36(86)23(84)8-70)115-53-40(90)27(12-74)106-59(45(53)95)109-47-29(14-76)108-56(33(43(47)93)67-18(3)79)102-15-30-42(92)48(34(55(97)103-30)68-19(4)80)110-58-44(94)52(39(89)26(11-73)105-58)112-57-35(69-20(5)81)49(38(88)25(10-72)104-57)111-60-46(96)54(41(91)28(13-75)107-60)116-64(62(100)101)7-22(83)32(66-17(2)78)51(114-64)37(87)24(85)9-71/h21-60,70-76,82-97H,6-15H2,1-5H3,(H,65,77)(H,66,78)(H,67,79)(H,68,80)(H,69,81)(H,98,99)(H,100,101)/t21-,22-,23+,24+,25+,26+,27+,28+,29+,30+,31+,32+,33+,34+,35+,36+,37+,38+,39-,40-,41-,42-,43+,44+,45+,46+,47+,48+,49-,50+,51+,52-,53-,54-,55-,56+,57-,58-,59-,60-,63-,64-/m0/s1. The van der Waals surface area contributed by atoms with E-state index in [2.05, 4.69) is 26.6 Å². The number of aliphatic carboxylic acids is 2. The molecule has 0 bridgehead atoms. The summed E-state index contributed by atoms with van der Waals surface area (Å²) in [5, 5.41) is 288. The Labute approximate surface area is 655 Å². The van der Waals surface area contributed by atoms with Gasteiger partial charge in [-0.2, -0.15) is 0 Å². The Kier molecular flexibility index (Phi) is 34.1. The van der Waals surface area contributed by atoms with Crippen LogP contribution in [0, 0.1) is 0 Å². The zero-order valence-corrected chi connectivity index (χ0v) is 62.3. The molecule has 0 aromatic carbocycles. The van der Waals surface area contributed by atoms with E-state index in [1.54, 1.807) is 0 Å². The molecule has 0 radical (unpaired) electrons. The summed E-state index contributed by atoms with van der Waals surface area (Å²) in [5.74, 6) is -15.5. The van der Waals surface area contributed by atoms with Crippen LogP contribution in [0.1, 0.15) is 47.5 Å². The summed E-state index contributed by atoms with van der Waals surface area (Å²) in [6.45, 7) is -4.71. The maximum absolute atomic E-state index is 13.2. The minimum atomic E-state index is -3.30. The lowest BCUT2D eigenvalue weighted by Crippen LogP contribution is -2.71. The summed E-state index contributed by atoms with van der Waals surface area (Å²) in [5.41, 5.74) is 0. The molecule has 0 aromatic rings. The van der Waals surface area contributed by atoms with Crippen molar-refractivity contribution in [3.8, 4) is 0 Å². The second-order valence-electron chi connectivity index (χ2n) is 28.9. The lowest BCUT2D eigenvalue weighted by atomic mass is 9.88. The highest BCUT2D eigenvalue weighted by Gasteiger charge is 2.64. The third-order valence-electron chi connectivity index (χ3n) is 20.6. The molecule has 8 rings (SSSR count). The Bertz CT molecular complexity index is 3240. The van der Waals surface area contributed by atoms with Gasteiger partial charge in [0.05, 0.1) is 77.1 Å². The number of aliphatic hydroxyl groups excluding tert-OH is 23. The molecule has 8 aliphatic rings. The summed E-state index contributed by atoms with van der Waals surface area (Å²) in [4.78, 5) is 89.5. The smallest absolute Gasteiger partial charge is 0.364 e. The molecule has 8 aliphatic heterocycles. The van der Waals surface area contributed by atoms with Crippen LogP contribution in [-0.2, 0) is 105 Å². The number of carbonyl (C=O) groups is 7. The van der Waals surface area contributed by atoms with Crippen LogP contribution in [0.15, 0.2) is 0 Å². The van der Waals surface area contributed by atoms with E-state index in [-0.39, 0.29) is 0 Å². The normalized spacial score (nSPS) is 44.6. The second kappa shape index (κ2) is 41.1. The Balaban J connectivity index is 1.01. The van der Waals surface area contributed by atoms with Crippen molar-refractivity contribution in [2.24, 2.45) is 0 Å². The minimum absolute atomic E-state index is 0.859. The van der Waals surface area contributed by atoms with Crippen LogP contribution < -0.4 is 26.6 Å². The van der Waals surface area contributed by atoms with Crippen molar-refractivity contribution in [2.45, 2.75) is 304 Å². The quantitative estimate of drug-likeness (QED) is 0.0290. The number of carboxylic acid groups (broad SMARTS) is 2. The van der Waals surface area contributed by atoms with Gasteiger partial charge in [-0.15, -0.1) is 0 Å². The minimum Gasteiger partial charge on any atom is -0.477 e. The molecule has 0 saturated carbocycles. The topological polar surface area (TPSA) is 824 Å². The number of carbonyl (C=O) groups excluding carboxylic acids is 5. The van der Waals surface area contributed by atoms with Crippen molar-refractivity contribution in [1.82, 2.24) is 26.6 Å². The number of aliphatic hydroxyl groups is 23. The Hall–Kier alpha value is -5.23. The number of hydrogen-bond donors (Lipinski definition) is 30. The van der Waals surface area contributed by atoms with Crippen LogP contribution in [0.4, 0.5) is 0 Å². The van der Waals surface area contributed by atoms with Gasteiger partial charge in [-0.25, -0.2) is 9.59 Å². The van der Waals surface area contributed by atoms with Crippen LogP contribution in [0.3, 0.4) is 0 Å². The Morgan fingerprint density at radius 1 is 0.353 bits per heavy atom. The van der Waals surface area contributed by atoms with Crippen LogP contribution in [0.25, 0.3) is 0 Å². The number of ether oxygens (including phenoxy) is 15. The van der Waals surface area contributed by atoms with Gasteiger partial charge in [0.25, 0.3) is 11.6 Å². The third-order valence-corrected chi connectivity index (χ3v) is 20.6. The largest absolute Gasteiger partial charge is 0.477 e. The molecule has 8 saturated heterocycles. The van der Waals surface area contributed by atoms with E-state index in [9.17, 15) is 161 Å². The van der Waals surface area contributed by atoms with Crippen LogP contribution in [0.5, 0.6) is 0 Å². The lowest BCUT2D eigenvalue weighted by molar-refractivity contribution is -0.388. The van der Waals surface area contributed by atoms with Gasteiger partial charge in [0.2, 0.25) is 29.5 Å². The molecule has 8 fully saturated rings. The zero-order valence-electron chi connectivity index (χ0n) is 62.3. The lowest BCUT2D eigenvalue weighted by Gasteiger charge is -2.51. The van der Waals surface area contributed by atoms with E-state index in [1.807, 2.05) is 0 Å². The van der Waals surface area contributed by atoms with Crippen molar-refractivity contribution in [1.29, 1.82) is 0 Å². The van der Waals surface area contributed by atoms with Gasteiger partial charge < -0.3 is 225 Å². The summed E-state index contributed by atoms with van der Waals surface area (Å²) < 4.78 is 87.3. The summed E-state index contributed by atoms with van der Waals surface area (Å²) in [6, 6.07) is -9.28. The SMILES string of the molecule is CC(=O)N[C@@H]1[C@@H](O[C@@H]2O[C@H](CO)[C@H](O)[C@H](O[C@@H]3O[C@H](CO)[C@@H](O)[C@@H](O[C@@H]4O[C@H](CO)[C@H](O)[C@H](O[C@]5(C(=O)O)C[C@H](O)[C@@H](NC(C)=O)[C@H]([C@H](O)[C@H](O)CO)O5)[C@H]4O)[C@H]3NC(C)=O)[C@H]2O)[C@@H](O)[C@@H](CO[C@@H]2O[C@H](CO)[C@@H](O[C@@H]3O[C@H](CO)[C@H](O)[C@H](O[C@]4(C(=O)O)C[C@H](O)[C@@H](NC(C)=O)[C@H]([C@H](O)[C@H](O)CO)O4)[C@H]3O)[C@H](O)[C@H]2NC(C)=O)O[C@@H]1O. The molecule has 42 atom stereocenters. The fraction of sp³-hybridized carbons (Fsp3) is 0.891. The van der Waals surface area contributed by atoms with E-state index in [0.717, 1.165) is 34.6 Å². The number of carboxylic acids is 2. The molecule has 0 spiro atoms. The number of hydrogen-bond acceptors (Lipinski definition) is 45. The van der Waals surface area contributed by atoms with E-state index in [0.29, 0.717) is 0 Å². The molecule has 668 valence electrons. The highest BCUT2D eigenvalue weighted by atomic mass is 16.8. The molecule has 0 unspecified atom stereocenters. The Morgan fingerprint density at radius 3 is 1.04 bits per heavy atom. The maximum Gasteiger partial charge on any atom is 0.364 e. The predicted octanol–water partition coefficient (Wildman–Crippen LogP) is -19.3. The first kappa shape index (κ1) is 96.2. The van der Waals surface area contributed by atoms with Crippen molar-refractivity contribution in [3.05, 3.63) is 0 Å². The molecule has 52 heteroatoms. The van der Waals surface area contributed by atoms with Gasteiger partial charge in [-0.1, -0.05) is 0 Å². The second-order valence-corrected chi connectivity index (χ2v) is 28.9. The van der Waals surface area contributed by atoms with Gasteiger partial charge in [0.1, 0.15) is 183 Å². The van der Waals surface area contributed by atoms with Gasteiger partial charge in [-0.3, -0.25) is 24.0 Å². The van der Waals surface area contributed by atoms with E-state index >= 15 is 0 Å². The highest BCUT2D eigenvalue weighted by Crippen LogP contribution is 2.43. The molecule has 116 heavy (non-hydrogen) atoms. The van der Waals surface area contributed by atoms with E-state index in [1.165, 1.54) is 0 Å². The van der Waals surface area contributed by atoms with Crippen LogP contribution >= 0.6 is 0 Å². The van der Waals surface area contributed by atoms with Gasteiger partial charge in [-0.05, 0) is 0 Å². The van der Waals surface area contributed by atoms with Gasteiger partial charge >= 0.3 is 11.9 Å². The van der Waals surface area contributed by atoms with Gasteiger partial charge in [0, 0.05) is 47.5 Å². The predicted molar refractivity (Wildman–Crippen MR) is 357 cm³/mol. The fourth-order valence-corrected chi connectivity index (χ4v) is 14.8. The number of amides is 5. The van der Waals surface area contributed by atoms with Gasteiger partial charge in [0.15, 0.2) is 37.7 Å². The molecular formula is C64H105N5O47. The molecule has 0 aliphatic carbocycles. The molecule has 5 amide bonds. The van der Waals surface area contributed by atoms with Crippen molar-refractivity contribution in [2.75, 3.05) is 52.9 Å². The molecule has 52 nitrogen and oxygen atoms in total. The fourth-order valence-electron chi connectivity index (χ4n) is 14.8. The molecule has 30 N–H and O–H groups in total. The molecule has 8 heterocycles. The Morgan fingerprint density at radius 2 is 0.664 bits per heavy atom. The molecule has 0 aromatic heterocycles. The average Bonchev–Trinajstić information content (AvgIpc) is 0.754. The zero-order chi connectivity index (χ0) is 86.3. The van der Waals surface area contributed by atoms with E-state index in [4.69, 9.17) is 71.1 Å². The van der Waals surface area contributed by atoms with Crippen LogP contribution in [0.2, 0.25) is 0 Å². The summed E-state index contributed by atoms with van der Waals surface area (Å²) in [6.07, 6.45) is -79.1. The highest BCUT2D eigenvalue weighted by molar-refractivity contribution is 5.78. The van der Waals surface area contributed by atoms with Crippen LogP contribution in [-0.4, -0.2) is 479 Å². The first-order chi connectivity index (χ1) is 54.5. The summed E-state index contributed by atoms with van der Waals surface area (Å²) in [7, 11) is 0. The number of rotatable bonds is 33. The molecular weight excluding hydrogens is 1590 g/mol. The monoisotopic (exact) mass is 1700 g/mol. The van der Waals surface area contributed by atoms with Crippen molar-refractivity contribution in [3.63, 3.8) is 0 Å². The van der Waals surface area contributed by atoms with Crippen molar-refractivity contribution >= 4 is 41.5 Å².